The number of aromatic amines is 1. The number of carbonyl (C=O) groups excluding carboxylic acids is 2. The highest BCUT2D eigenvalue weighted by atomic mass is 19.1. The zero-order chi connectivity index (χ0) is 25.1. The van der Waals surface area contributed by atoms with Crippen LogP contribution in [0.2, 0.25) is 0 Å². The van der Waals surface area contributed by atoms with Crippen LogP contribution in [0.3, 0.4) is 0 Å². The number of benzene rings is 1. The Morgan fingerprint density at radius 3 is 2.56 bits per heavy atom. The molecule has 36 heavy (non-hydrogen) atoms. The van der Waals surface area contributed by atoms with Crippen LogP contribution in [0, 0.1) is 11.7 Å². The van der Waals surface area contributed by atoms with Gasteiger partial charge in [-0.25, -0.2) is 14.4 Å². The molecule has 9 nitrogen and oxygen atoms in total. The van der Waals surface area contributed by atoms with Gasteiger partial charge in [0.2, 0.25) is 5.91 Å². The standard InChI is InChI=1S/C26H30FN5O4/c1-35-13-22(33)31-17-5-7-18(8-6-17)32-26(34)20-11-28-25-23(29-14-30-24(20)25)19-9-4-16(27)10-21(19)36-12-15-2-3-15/h4,9-11,14-15,17-18,28H,2-3,5-8,12-13H2,1H3,(H,31,33)(H,32,34). The van der Waals surface area contributed by atoms with Crippen molar-refractivity contribution in [2.24, 2.45) is 5.92 Å². The van der Waals surface area contributed by atoms with Gasteiger partial charge in [-0.1, -0.05) is 0 Å². The van der Waals surface area contributed by atoms with Gasteiger partial charge in [0, 0.05) is 37.0 Å². The molecule has 3 N–H and O–H groups in total. The number of methoxy groups -OCH3 is 1. The number of nitrogens with zero attached hydrogens (tertiary/aromatic N) is 2. The van der Waals surface area contributed by atoms with Crippen molar-refractivity contribution in [2.45, 2.75) is 50.6 Å². The molecule has 2 aliphatic carbocycles. The van der Waals surface area contributed by atoms with Gasteiger partial charge in [0.15, 0.2) is 0 Å². The molecule has 2 amide bonds. The molecule has 0 spiro atoms. The first-order chi connectivity index (χ1) is 17.5. The van der Waals surface area contributed by atoms with Gasteiger partial charge < -0.3 is 25.1 Å². The molecule has 0 atom stereocenters. The number of rotatable bonds is 9. The van der Waals surface area contributed by atoms with E-state index in [4.69, 9.17) is 9.47 Å². The van der Waals surface area contributed by atoms with Gasteiger partial charge in [0.05, 0.1) is 17.7 Å². The third-order valence-corrected chi connectivity index (χ3v) is 6.78. The summed E-state index contributed by atoms with van der Waals surface area (Å²) in [5.74, 6) is 0.221. The van der Waals surface area contributed by atoms with Crippen LogP contribution >= 0.6 is 0 Å². The van der Waals surface area contributed by atoms with Crippen molar-refractivity contribution >= 4 is 22.8 Å². The van der Waals surface area contributed by atoms with E-state index in [0.717, 1.165) is 38.5 Å². The van der Waals surface area contributed by atoms with Crippen molar-refractivity contribution in [2.75, 3.05) is 20.3 Å². The highest BCUT2D eigenvalue weighted by Gasteiger charge is 2.26. The molecular formula is C26H30FN5O4. The number of hydrogen-bond acceptors (Lipinski definition) is 6. The Hall–Kier alpha value is -3.53. The van der Waals surface area contributed by atoms with Crippen LogP contribution in [0.1, 0.15) is 48.9 Å². The quantitative estimate of drug-likeness (QED) is 0.419. The summed E-state index contributed by atoms with van der Waals surface area (Å²) in [5, 5.41) is 6.06. The number of fused-ring (bicyclic) bond motifs is 1. The Morgan fingerprint density at radius 2 is 1.83 bits per heavy atom. The van der Waals surface area contributed by atoms with E-state index in [9.17, 15) is 14.0 Å². The Labute approximate surface area is 208 Å². The van der Waals surface area contributed by atoms with Crippen LogP contribution in [-0.4, -0.2) is 59.2 Å². The summed E-state index contributed by atoms with van der Waals surface area (Å²) < 4.78 is 24.8. The zero-order valence-electron chi connectivity index (χ0n) is 20.2. The van der Waals surface area contributed by atoms with Gasteiger partial charge >= 0.3 is 0 Å². The Kier molecular flexibility index (Phi) is 7.13. The number of halogens is 1. The lowest BCUT2D eigenvalue weighted by Crippen LogP contribution is -2.44. The average molecular weight is 496 g/mol. The van der Waals surface area contributed by atoms with Crippen molar-refractivity contribution in [3.63, 3.8) is 0 Å². The van der Waals surface area contributed by atoms with Crippen molar-refractivity contribution in [1.82, 2.24) is 25.6 Å². The minimum Gasteiger partial charge on any atom is -0.492 e. The molecule has 0 radical (unpaired) electrons. The van der Waals surface area contributed by atoms with Crippen molar-refractivity contribution < 1.29 is 23.5 Å². The minimum absolute atomic E-state index is 0.0128. The van der Waals surface area contributed by atoms with Crippen molar-refractivity contribution in [1.29, 1.82) is 0 Å². The Balaban J connectivity index is 1.29. The molecule has 2 aliphatic rings. The van der Waals surface area contributed by atoms with E-state index in [0.29, 0.717) is 46.1 Å². The first kappa shape index (κ1) is 24.2. The maximum atomic E-state index is 14.0. The van der Waals surface area contributed by atoms with Crippen molar-refractivity contribution in [3.05, 3.63) is 42.1 Å². The fourth-order valence-electron chi connectivity index (χ4n) is 4.67. The fourth-order valence-corrected chi connectivity index (χ4v) is 4.67. The van der Waals surface area contributed by atoms with Gasteiger partial charge in [-0.15, -0.1) is 0 Å². The Bertz CT molecular complexity index is 1250. The van der Waals surface area contributed by atoms with Gasteiger partial charge in [-0.05, 0) is 56.6 Å². The fraction of sp³-hybridized carbons (Fsp3) is 0.462. The third kappa shape index (κ3) is 5.48. The predicted octanol–water partition coefficient (Wildman–Crippen LogP) is 3.36. The summed E-state index contributed by atoms with van der Waals surface area (Å²) >= 11 is 0. The molecule has 2 aromatic heterocycles. The first-order valence-electron chi connectivity index (χ1n) is 12.4. The van der Waals surface area contributed by atoms with Crippen LogP contribution in [0.4, 0.5) is 4.39 Å². The summed E-state index contributed by atoms with van der Waals surface area (Å²) in [6.07, 6.45) is 8.40. The van der Waals surface area contributed by atoms with Crippen LogP contribution < -0.4 is 15.4 Å². The largest absolute Gasteiger partial charge is 0.492 e. The number of amides is 2. The van der Waals surface area contributed by atoms with Crippen LogP contribution in [-0.2, 0) is 9.53 Å². The maximum Gasteiger partial charge on any atom is 0.255 e. The van der Waals surface area contributed by atoms with E-state index in [2.05, 4.69) is 25.6 Å². The summed E-state index contributed by atoms with van der Waals surface area (Å²) in [6.45, 7) is 0.592. The first-order valence-corrected chi connectivity index (χ1v) is 12.4. The van der Waals surface area contributed by atoms with Crippen LogP contribution in [0.15, 0.2) is 30.7 Å². The molecule has 5 rings (SSSR count). The summed E-state index contributed by atoms with van der Waals surface area (Å²) in [6, 6.07) is 4.49. The SMILES string of the molecule is COCC(=O)NC1CCC(NC(=O)c2c[nH]c3c(-c4ccc(F)cc4OCC4CC4)ncnc23)CC1. The minimum atomic E-state index is -0.380. The predicted molar refractivity (Wildman–Crippen MR) is 131 cm³/mol. The highest BCUT2D eigenvalue weighted by molar-refractivity contribution is 6.07. The number of carbonyl (C=O) groups is 2. The monoisotopic (exact) mass is 495 g/mol. The molecule has 190 valence electrons. The Morgan fingerprint density at radius 1 is 1.08 bits per heavy atom. The smallest absolute Gasteiger partial charge is 0.255 e. The summed E-state index contributed by atoms with van der Waals surface area (Å²) in [7, 11) is 1.49. The highest BCUT2D eigenvalue weighted by Crippen LogP contribution is 2.36. The molecule has 0 unspecified atom stereocenters. The number of hydrogen-bond donors (Lipinski definition) is 3. The topological polar surface area (TPSA) is 118 Å². The third-order valence-electron chi connectivity index (χ3n) is 6.78. The lowest BCUT2D eigenvalue weighted by Gasteiger charge is -2.29. The lowest BCUT2D eigenvalue weighted by atomic mass is 9.91. The molecule has 0 saturated heterocycles. The maximum absolute atomic E-state index is 14.0. The van der Waals surface area contributed by atoms with Gasteiger partial charge in [0.25, 0.3) is 5.91 Å². The lowest BCUT2D eigenvalue weighted by molar-refractivity contribution is -0.125. The van der Waals surface area contributed by atoms with Crippen LogP contribution in [0.25, 0.3) is 22.3 Å². The van der Waals surface area contributed by atoms with Crippen LogP contribution in [0.5, 0.6) is 5.75 Å². The van der Waals surface area contributed by atoms with E-state index < -0.39 is 0 Å². The molecule has 10 heteroatoms. The zero-order valence-corrected chi connectivity index (χ0v) is 20.2. The van der Waals surface area contributed by atoms with E-state index in [-0.39, 0.29) is 36.3 Å². The van der Waals surface area contributed by atoms with E-state index >= 15 is 0 Å². The molecular weight excluding hydrogens is 465 g/mol. The second-order valence-electron chi connectivity index (χ2n) is 9.57. The van der Waals surface area contributed by atoms with Gasteiger partial charge in [-0.3, -0.25) is 9.59 Å². The van der Waals surface area contributed by atoms with E-state index in [1.165, 1.54) is 25.6 Å². The van der Waals surface area contributed by atoms with E-state index in [1.807, 2.05) is 0 Å². The molecule has 3 aromatic rings. The molecule has 2 saturated carbocycles. The second kappa shape index (κ2) is 10.6. The normalized spacial score (nSPS) is 19.7. The van der Waals surface area contributed by atoms with Gasteiger partial charge in [-0.2, -0.15) is 0 Å². The number of ether oxygens (including phenoxy) is 2. The summed E-state index contributed by atoms with van der Waals surface area (Å²) in [5.41, 5.74) is 2.71. The molecule has 1 aromatic carbocycles. The van der Waals surface area contributed by atoms with Crippen molar-refractivity contribution in [3.8, 4) is 17.0 Å². The molecule has 0 aliphatic heterocycles. The number of aromatic nitrogens is 3. The summed E-state index contributed by atoms with van der Waals surface area (Å²) in [4.78, 5) is 36.8. The number of H-pyrrole nitrogens is 1. The molecule has 0 bridgehead atoms. The average Bonchev–Trinajstić information content (AvgIpc) is 3.60. The van der Waals surface area contributed by atoms with Gasteiger partial charge in [0.1, 0.15) is 35.7 Å². The number of nitrogens with one attached hydrogen (secondary N) is 3. The second-order valence-corrected chi connectivity index (χ2v) is 9.57. The molecule has 2 fully saturated rings. The molecule has 2 heterocycles. The van der Waals surface area contributed by atoms with E-state index in [1.54, 1.807) is 12.3 Å².